The summed E-state index contributed by atoms with van der Waals surface area (Å²) < 4.78 is 0. The second-order valence-corrected chi connectivity index (χ2v) is 7.84. The number of aromatic nitrogens is 2. The number of hydrogen-bond donors (Lipinski definition) is 0. The first-order chi connectivity index (χ1) is 14.7. The first-order valence-electron chi connectivity index (χ1n) is 10.6. The Bertz CT molecular complexity index is 944. The molecule has 0 N–H and O–H groups in total. The van der Waals surface area contributed by atoms with E-state index in [0.717, 1.165) is 44.7 Å². The number of nitrogens with zero attached hydrogens (tertiary/aromatic N) is 4. The second kappa shape index (κ2) is 9.63. The zero-order valence-electron chi connectivity index (χ0n) is 17.4. The Balaban J connectivity index is 1.49. The van der Waals surface area contributed by atoms with Crippen molar-refractivity contribution in [3.63, 3.8) is 0 Å². The van der Waals surface area contributed by atoms with Gasteiger partial charge >= 0.3 is 0 Å². The van der Waals surface area contributed by atoms with Crippen molar-refractivity contribution >= 4 is 5.91 Å². The van der Waals surface area contributed by atoms with Crippen molar-refractivity contribution in [2.24, 2.45) is 5.92 Å². The number of carbonyl (C=O) groups is 1. The van der Waals surface area contributed by atoms with Gasteiger partial charge in [-0.1, -0.05) is 24.3 Å². The molecule has 1 unspecified atom stereocenters. The van der Waals surface area contributed by atoms with Crippen LogP contribution in [0, 0.1) is 5.92 Å². The largest absolute Gasteiger partial charge is 0.341 e. The Morgan fingerprint density at radius 3 is 2.13 bits per heavy atom. The quantitative estimate of drug-likeness (QED) is 0.634. The summed E-state index contributed by atoms with van der Waals surface area (Å²) in [5.74, 6) is 0.244. The molecule has 0 saturated carbocycles. The van der Waals surface area contributed by atoms with Crippen molar-refractivity contribution in [1.29, 1.82) is 0 Å². The van der Waals surface area contributed by atoms with Gasteiger partial charge in [0, 0.05) is 57.5 Å². The molecule has 0 spiro atoms. The van der Waals surface area contributed by atoms with Gasteiger partial charge in [0.25, 0.3) is 0 Å². The van der Waals surface area contributed by atoms with Crippen LogP contribution in [0.5, 0.6) is 0 Å². The Morgan fingerprint density at radius 1 is 0.833 bits per heavy atom. The molecule has 4 rings (SSSR count). The zero-order chi connectivity index (χ0) is 20.8. The molecule has 154 valence electrons. The Hall–Kier alpha value is -3.05. The van der Waals surface area contributed by atoms with Crippen LogP contribution in [0.25, 0.3) is 11.1 Å². The minimum absolute atomic E-state index is 0.0268. The molecule has 1 aliphatic rings. The summed E-state index contributed by atoms with van der Waals surface area (Å²) in [4.78, 5) is 25.7. The highest BCUT2D eigenvalue weighted by Gasteiger charge is 2.29. The number of pyridine rings is 2. The van der Waals surface area contributed by atoms with Gasteiger partial charge in [0.1, 0.15) is 0 Å². The van der Waals surface area contributed by atoms with E-state index in [0.29, 0.717) is 0 Å². The Labute approximate surface area is 178 Å². The third kappa shape index (κ3) is 4.92. The fourth-order valence-corrected chi connectivity index (χ4v) is 4.13. The predicted octanol–water partition coefficient (Wildman–Crippen LogP) is 3.67. The molecule has 0 radical (unpaired) electrons. The molecule has 2 aromatic heterocycles. The third-order valence-corrected chi connectivity index (χ3v) is 5.81. The van der Waals surface area contributed by atoms with Crippen LogP contribution in [0.2, 0.25) is 0 Å². The summed E-state index contributed by atoms with van der Waals surface area (Å²) >= 11 is 0. The number of carbonyl (C=O) groups excluding carboxylic acids is 1. The molecule has 3 aromatic rings. The predicted molar refractivity (Wildman–Crippen MR) is 119 cm³/mol. The number of hydrogen-bond acceptors (Lipinski definition) is 4. The Kier molecular flexibility index (Phi) is 6.50. The summed E-state index contributed by atoms with van der Waals surface area (Å²) in [6.45, 7) is 6.16. The smallest absolute Gasteiger partial charge is 0.227 e. The van der Waals surface area contributed by atoms with Crippen LogP contribution in [0.3, 0.4) is 0 Å². The molecule has 1 aromatic carbocycles. The summed E-state index contributed by atoms with van der Waals surface area (Å²) in [5.41, 5.74) is 4.77. The molecule has 5 heteroatoms. The lowest BCUT2D eigenvalue weighted by Gasteiger charge is -2.23. The molecule has 5 nitrogen and oxygen atoms in total. The zero-order valence-corrected chi connectivity index (χ0v) is 17.4. The molecule has 1 saturated heterocycles. The standard InChI is InChI=1S/C25H28N4O/c1-2-29-16-15-28(18-21-7-11-26-12-8-21)19-24(25(29)30)17-20-3-5-22(6-4-20)23-9-13-27-14-10-23/h3-14,24H,2,15-19H2,1H3. The van der Waals surface area contributed by atoms with E-state index >= 15 is 0 Å². The maximum absolute atomic E-state index is 13.1. The van der Waals surface area contributed by atoms with Gasteiger partial charge < -0.3 is 4.90 Å². The van der Waals surface area contributed by atoms with Gasteiger partial charge in [-0.25, -0.2) is 0 Å². The molecular formula is C25H28N4O. The first kappa shape index (κ1) is 20.2. The molecule has 3 heterocycles. The van der Waals surface area contributed by atoms with Crippen LogP contribution in [0.15, 0.2) is 73.3 Å². The average Bonchev–Trinajstić information content (AvgIpc) is 2.94. The van der Waals surface area contributed by atoms with E-state index in [-0.39, 0.29) is 11.8 Å². The van der Waals surface area contributed by atoms with Crippen LogP contribution < -0.4 is 0 Å². The lowest BCUT2D eigenvalue weighted by molar-refractivity contribution is -0.134. The van der Waals surface area contributed by atoms with E-state index in [2.05, 4.69) is 58.2 Å². The highest BCUT2D eigenvalue weighted by atomic mass is 16.2. The minimum Gasteiger partial charge on any atom is -0.341 e. The van der Waals surface area contributed by atoms with Gasteiger partial charge in [-0.3, -0.25) is 19.7 Å². The van der Waals surface area contributed by atoms with Crippen molar-refractivity contribution in [3.05, 3.63) is 84.4 Å². The van der Waals surface area contributed by atoms with E-state index < -0.39 is 0 Å². The summed E-state index contributed by atoms with van der Waals surface area (Å²) in [6.07, 6.45) is 8.05. The van der Waals surface area contributed by atoms with Crippen LogP contribution in [0.1, 0.15) is 18.1 Å². The fraction of sp³-hybridized carbons (Fsp3) is 0.320. The van der Waals surface area contributed by atoms with E-state index in [4.69, 9.17) is 0 Å². The maximum atomic E-state index is 13.1. The average molecular weight is 401 g/mol. The van der Waals surface area contributed by atoms with Crippen LogP contribution in [-0.2, 0) is 17.8 Å². The van der Waals surface area contributed by atoms with E-state index in [1.54, 1.807) is 0 Å². The lowest BCUT2D eigenvalue weighted by Crippen LogP contribution is -2.37. The monoisotopic (exact) mass is 400 g/mol. The minimum atomic E-state index is -0.0268. The van der Waals surface area contributed by atoms with Crippen molar-refractivity contribution in [1.82, 2.24) is 19.8 Å². The Morgan fingerprint density at radius 2 is 1.47 bits per heavy atom. The van der Waals surface area contributed by atoms with Crippen LogP contribution in [-0.4, -0.2) is 51.9 Å². The van der Waals surface area contributed by atoms with Crippen LogP contribution >= 0.6 is 0 Å². The van der Waals surface area contributed by atoms with Gasteiger partial charge in [-0.05, 0) is 59.9 Å². The van der Waals surface area contributed by atoms with Gasteiger partial charge in [0.2, 0.25) is 5.91 Å². The normalized spacial score (nSPS) is 17.7. The topological polar surface area (TPSA) is 49.3 Å². The van der Waals surface area contributed by atoms with Crippen molar-refractivity contribution < 1.29 is 4.79 Å². The summed E-state index contributed by atoms with van der Waals surface area (Å²) in [7, 11) is 0. The lowest BCUT2D eigenvalue weighted by atomic mass is 9.95. The van der Waals surface area contributed by atoms with Crippen molar-refractivity contribution in [3.8, 4) is 11.1 Å². The highest BCUT2D eigenvalue weighted by Crippen LogP contribution is 2.22. The molecule has 30 heavy (non-hydrogen) atoms. The number of rotatable bonds is 6. The summed E-state index contributed by atoms with van der Waals surface area (Å²) in [5, 5.41) is 0. The fourth-order valence-electron chi connectivity index (χ4n) is 4.13. The van der Waals surface area contributed by atoms with Crippen molar-refractivity contribution in [2.75, 3.05) is 26.2 Å². The van der Waals surface area contributed by atoms with E-state index in [1.807, 2.05) is 41.8 Å². The molecule has 0 aliphatic carbocycles. The molecule has 1 fully saturated rings. The van der Waals surface area contributed by atoms with Gasteiger partial charge in [-0.15, -0.1) is 0 Å². The van der Waals surface area contributed by atoms with Gasteiger partial charge in [-0.2, -0.15) is 0 Å². The second-order valence-electron chi connectivity index (χ2n) is 7.84. The van der Waals surface area contributed by atoms with Crippen LogP contribution in [0.4, 0.5) is 0 Å². The molecule has 1 atom stereocenters. The molecule has 1 aliphatic heterocycles. The first-order valence-corrected chi connectivity index (χ1v) is 10.6. The highest BCUT2D eigenvalue weighted by molar-refractivity contribution is 5.79. The molecule has 0 bridgehead atoms. The maximum Gasteiger partial charge on any atom is 0.227 e. The van der Waals surface area contributed by atoms with Gasteiger partial charge in [0.15, 0.2) is 0 Å². The van der Waals surface area contributed by atoms with E-state index in [1.165, 1.54) is 16.7 Å². The molecular weight excluding hydrogens is 372 g/mol. The molecule has 1 amide bonds. The number of benzene rings is 1. The SMILES string of the molecule is CCN1CCN(Cc2ccncc2)CC(Cc2ccc(-c3ccncc3)cc2)C1=O. The number of amides is 1. The summed E-state index contributed by atoms with van der Waals surface area (Å²) in [6, 6.07) is 16.7. The van der Waals surface area contributed by atoms with Gasteiger partial charge in [0.05, 0.1) is 5.92 Å². The van der Waals surface area contributed by atoms with E-state index in [9.17, 15) is 4.79 Å². The third-order valence-electron chi connectivity index (χ3n) is 5.81. The van der Waals surface area contributed by atoms with Crippen molar-refractivity contribution in [2.45, 2.75) is 19.9 Å². The number of likely N-dealkylation sites (N-methyl/N-ethyl adjacent to an activating group) is 1.